The van der Waals surface area contributed by atoms with Crippen molar-refractivity contribution in [2.45, 2.75) is 24.2 Å². The summed E-state index contributed by atoms with van der Waals surface area (Å²) >= 11 is 0. The average molecular weight is 410 g/mol. The van der Waals surface area contributed by atoms with Crippen molar-refractivity contribution in [2.24, 2.45) is 0 Å². The molecule has 3 aromatic rings. The molecule has 0 unspecified atom stereocenters. The second kappa shape index (κ2) is 8.18. The SMILES string of the molecule is O=C(Nc1ccc(S(=O)(=O)N2CCCCC2)cc1)c1cccc(-n2cccn2)c1. The molecule has 0 aliphatic carbocycles. The van der Waals surface area contributed by atoms with Crippen molar-refractivity contribution in [3.8, 4) is 5.69 Å². The van der Waals surface area contributed by atoms with E-state index in [1.54, 1.807) is 59.5 Å². The van der Waals surface area contributed by atoms with Crippen LogP contribution >= 0.6 is 0 Å². The number of hydrogen-bond donors (Lipinski definition) is 1. The highest BCUT2D eigenvalue weighted by Gasteiger charge is 2.25. The number of anilines is 1. The lowest BCUT2D eigenvalue weighted by Gasteiger charge is -2.25. The minimum Gasteiger partial charge on any atom is -0.322 e. The van der Waals surface area contributed by atoms with E-state index in [2.05, 4.69) is 10.4 Å². The molecule has 1 saturated heterocycles. The van der Waals surface area contributed by atoms with Gasteiger partial charge in [0.1, 0.15) is 0 Å². The number of piperidine rings is 1. The van der Waals surface area contributed by atoms with E-state index in [0.29, 0.717) is 24.3 Å². The van der Waals surface area contributed by atoms with Crippen LogP contribution in [0.1, 0.15) is 29.6 Å². The quantitative estimate of drug-likeness (QED) is 0.699. The number of rotatable bonds is 5. The molecule has 4 rings (SSSR count). The minimum atomic E-state index is -3.48. The summed E-state index contributed by atoms with van der Waals surface area (Å²) in [5.74, 6) is -0.273. The van der Waals surface area contributed by atoms with Crippen LogP contribution < -0.4 is 5.32 Å². The first-order valence-corrected chi connectivity index (χ1v) is 11.0. The van der Waals surface area contributed by atoms with Gasteiger partial charge in [0.05, 0.1) is 10.6 Å². The lowest BCUT2D eigenvalue weighted by atomic mass is 10.2. The normalized spacial score (nSPS) is 15.2. The zero-order valence-corrected chi connectivity index (χ0v) is 16.7. The lowest BCUT2D eigenvalue weighted by Crippen LogP contribution is -2.35. The third-order valence-electron chi connectivity index (χ3n) is 4.94. The molecule has 1 amide bonds. The summed E-state index contributed by atoms with van der Waals surface area (Å²) < 4.78 is 28.7. The number of nitrogens with one attached hydrogen (secondary N) is 1. The average Bonchev–Trinajstić information content (AvgIpc) is 3.30. The highest BCUT2D eigenvalue weighted by molar-refractivity contribution is 7.89. The maximum atomic E-state index is 12.7. The summed E-state index contributed by atoms with van der Waals surface area (Å²) in [6.07, 6.45) is 6.33. The second-order valence-corrected chi connectivity index (χ2v) is 8.88. The van der Waals surface area contributed by atoms with E-state index in [9.17, 15) is 13.2 Å². The van der Waals surface area contributed by atoms with Crippen molar-refractivity contribution in [1.29, 1.82) is 0 Å². The Bertz CT molecular complexity index is 1090. The Morgan fingerprint density at radius 1 is 0.966 bits per heavy atom. The summed E-state index contributed by atoms with van der Waals surface area (Å²) in [6.45, 7) is 1.13. The van der Waals surface area contributed by atoms with Gasteiger partial charge in [-0.05, 0) is 61.4 Å². The van der Waals surface area contributed by atoms with Gasteiger partial charge in [-0.15, -0.1) is 0 Å². The van der Waals surface area contributed by atoms with Crippen LogP contribution in [-0.4, -0.2) is 41.5 Å². The molecule has 0 bridgehead atoms. The minimum absolute atomic E-state index is 0.248. The number of hydrogen-bond acceptors (Lipinski definition) is 4. The van der Waals surface area contributed by atoms with E-state index >= 15 is 0 Å². The number of carbonyl (C=O) groups is 1. The summed E-state index contributed by atoms with van der Waals surface area (Å²) in [7, 11) is -3.48. The van der Waals surface area contributed by atoms with E-state index in [-0.39, 0.29) is 10.8 Å². The fourth-order valence-electron chi connectivity index (χ4n) is 3.38. The van der Waals surface area contributed by atoms with Crippen molar-refractivity contribution >= 4 is 21.6 Å². The van der Waals surface area contributed by atoms with Gasteiger partial charge in [-0.1, -0.05) is 12.5 Å². The summed E-state index contributed by atoms with van der Waals surface area (Å²) in [6, 6.07) is 15.3. The van der Waals surface area contributed by atoms with E-state index in [1.807, 2.05) is 12.1 Å². The van der Waals surface area contributed by atoms with Gasteiger partial charge in [0.15, 0.2) is 0 Å². The van der Waals surface area contributed by atoms with Crippen LogP contribution in [0.3, 0.4) is 0 Å². The highest BCUT2D eigenvalue weighted by Crippen LogP contribution is 2.22. The van der Waals surface area contributed by atoms with E-state index in [4.69, 9.17) is 0 Å². The van der Waals surface area contributed by atoms with Crippen LogP contribution in [0.25, 0.3) is 5.69 Å². The fourth-order valence-corrected chi connectivity index (χ4v) is 4.90. The molecule has 1 N–H and O–H groups in total. The second-order valence-electron chi connectivity index (χ2n) is 6.94. The third kappa shape index (κ3) is 4.23. The molecule has 1 aromatic heterocycles. The number of nitrogens with zero attached hydrogens (tertiary/aromatic N) is 3. The van der Waals surface area contributed by atoms with Crippen LogP contribution in [-0.2, 0) is 10.0 Å². The van der Waals surface area contributed by atoms with Crippen molar-refractivity contribution in [3.63, 3.8) is 0 Å². The van der Waals surface area contributed by atoms with E-state index in [1.165, 1.54) is 4.31 Å². The van der Waals surface area contributed by atoms with Crippen molar-refractivity contribution in [3.05, 3.63) is 72.6 Å². The maximum Gasteiger partial charge on any atom is 0.255 e. The number of aromatic nitrogens is 2. The number of carbonyl (C=O) groups excluding carboxylic acids is 1. The molecule has 0 atom stereocenters. The van der Waals surface area contributed by atoms with Gasteiger partial charge < -0.3 is 5.32 Å². The van der Waals surface area contributed by atoms with Crippen LogP contribution in [0.2, 0.25) is 0 Å². The Labute approximate surface area is 170 Å². The summed E-state index contributed by atoms with van der Waals surface area (Å²) in [5.41, 5.74) is 1.81. The molecule has 2 heterocycles. The third-order valence-corrected chi connectivity index (χ3v) is 6.86. The zero-order chi connectivity index (χ0) is 20.3. The van der Waals surface area contributed by atoms with E-state index in [0.717, 1.165) is 24.9 Å². The molecule has 7 nitrogen and oxygen atoms in total. The first-order chi connectivity index (χ1) is 14.0. The molecule has 2 aromatic carbocycles. The monoisotopic (exact) mass is 410 g/mol. The molecule has 8 heteroatoms. The number of benzene rings is 2. The van der Waals surface area contributed by atoms with Crippen LogP contribution in [0.5, 0.6) is 0 Å². The Kier molecular flexibility index (Phi) is 5.46. The van der Waals surface area contributed by atoms with Gasteiger partial charge in [-0.3, -0.25) is 4.79 Å². The molecule has 0 radical (unpaired) electrons. The predicted molar refractivity (Wildman–Crippen MR) is 111 cm³/mol. The number of amides is 1. The molecule has 29 heavy (non-hydrogen) atoms. The zero-order valence-electron chi connectivity index (χ0n) is 15.9. The standard InChI is InChI=1S/C21H22N4O3S/c26-21(17-6-4-7-19(16-17)25-15-5-12-22-25)23-18-8-10-20(11-9-18)29(27,28)24-13-2-1-3-14-24/h4-12,15-16H,1-3,13-14H2,(H,23,26). The molecule has 1 aliphatic rings. The smallest absolute Gasteiger partial charge is 0.255 e. The van der Waals surface area contributed by atoms with Crippen molar-refractivity contribution < 1.29 is 13.2 Å². The lowest BCUT2D eigenvalue weighted by molar-refractivity contribution is 0.102. The molecule has 0 saturated carbocycles. The van der Waals surface area contributed by atoms with Gasteiger partial charge in [0.2, 0.25) is 10.0 Å². The Morgan fingerprint density at radius 2 is 1.72 bits per heavy atom. The van der Waals surface area contributed by atoms with Crippen LogP contribution in [0.15, 0.2) is 71.9 Å². The van der Waals surface area contributed by atoms with Crippen molar-refractivity contribution in [2.75, 3.05) is 18.4 Å². The predicted octanol–water partition coefficient (Wildman–Crippen LogP) is 3.30. The Balaban J connectivity index is 1.48. The topological polar surface area (TPSA) is 84.3 Å². The highest BCUT2D eigenvalue weighted by atomic mass is 32.2. The molecule has 150 valence electrons. The first-order valence-electron chi connectivity index (χ1n) is 9.56. The molecular formula is C21H22N4O3S. The van der Waals surface area contributed by atoms with Gasteiger partial charge in [-0.2, -0.15) is 9.40 Å². The van der Waals surface area contributed by atoms with Crippen LogP contribution in [0, 0.1) is 0 Å². The molecule has 0 spiro atoms. The summed E-state index contributed by atoms with van der Waals surface area (Å²) in [5, 5.41) is 6.98. The van der Waals surface area contributed by atoms with Gasteiger partial charge >= 0.3 is 0 Å². The molecular weight excluding hydrogens is 388 g/mol. The fraction of sp³-hybridized carbons (Fsp3) is 0.238. The Morgan fingerprint density at radius 3 is 2.41 bits per heavy atom. The van der Waals surface area contributed by atoms with Crippen molar-refractivity contribution in [1.82, 2.24) is 14.1 Å². The number of sulfonamides is 1. The maximum absolute atomic E-state index is 12.7. The van der Waals surface area contributed by atoms with Crippen LogP contribution in [0.4, 0.5) is 5.69 Å². The van der Waals surface area contributed by atoms with Gasteiger partial charge in [-0.25, -0.2) is 13.1 Å². The summed E-state index contributed by atoms with van der Waals surface area (Å²) in [4.78, 5) is 12.8. The largest absolute Gasteiger partial charge is 0.322 e. The van der Waals surface area contributed by atoms with E-state index < -0.39 is 10.0 Å². The molecule has 1 fully saturated rings. The van der Waals surface area contributed by atoms with Gasteiger partial charge in [0, 0.05) is 36.7 Å². The first kappa shape index (κ1) is 19.4. The Hall–Kier alpha value is -2.97. The molecule has 1 aliphatic heterocycles. The van der Waals surface area contributed by atoms with Gasteiger partial charge in [0.25, 0.3) is 5.91 Å².